The maximum absolute atomic E-state index is 5.96. The molecule has 1 atom stereocenters. The minimum absolute atomic E-state index is 0.114. The molecule has 4 nitrogen and oxygen atoms in total. The standard InChI is InChI=1S/C16H16N4/c1-11(14-7-2-3-9-18-14)20-15-8-10-19-16-12(15)5-4-6-13(16)17/h2-11H,17H2,1H3,(H,19,20). The average molecular weight is 264 g/mol. The molecule has 2 aromatic heterocycles. The summed E-state index contributed by atoms with van der Waals surface area (Å²) in [6.45, 7) is 2.08. The van der Waals surface area contributed by atoms with Crippen LogP contribution in [0.1, 0.15) is 18.7 Å². The van der Waals surface area contributed by atoms with E-state index >= 15 is 0 Å². The lowest BCUT2D eigenvalue weighted by Gasteiger charge is -2.16. The molecular weight excluding hydrogens is 248 g/mol. The van der Waals surface area contributed by atoms with Crippen molar-refractivity contribution in [3.05, 3.63) is 60.6 Å². The van der Waals surface area contributed by atoms with Gasteiger partial charge < -0.3 is 11.1 Å². The molecule has 1 unspecified atom stereocenters. The molecule has 4 heteroatoms. The first-order valence-corrected chi connectivity index (χ1v) is 6.56. The summed E-state index contributed by atoms with van der Waals surface area (Å²) in [6, 6.07) is 13.8. The van der Waals surface area contributed by atoms with Crippen molar-refractivity contribution in [3.8, 4) is 0 Å². The average Bonchev–Trinajstić information content (AvgIpc) is 2.49. The summed E-state index contributed by atoms with van der Waals surface area (Å²) in [4.78, 5) is 8.71. The fourth-order valence-corrected chi connectivity index (χ4v) is 2.26. The third-order valence-corrected chi connectivity index (χ3v) is 3.31. The number of rotatable bonds is 3. The molecule has 3 N–H and O–H groups in total. The van der Waals surface area contributed by atoms with E-state index in [4.69, 9.17) is 5.73 Å². The molecule has 0 amide bonds. The van der Waals surface area contributed by atoms with Gasteiger partial charge in [-0.05, 0) is 31.2 Å². The van der Waals surface area contributed by atoms with E-state index in [0.29, 0.717) is 5.69 Å². The van der Waals surface area contributed by atoms with E-state index in [1.165, 1.54) is 0 Å². The largest absolute Gasteiger partial charge is 0.397 e. The molecule has 1 aromatic carbocycles. The molecule has 0 saturated heterocycles. The molecule has 3 aromatic rings. The highest BCUT2D eigenvalue weighted by molar-refractivity contribution is 5.97. The van der Waals surface area contributed by atoms with Crippen LogP contribution < -0.4 is 11.1 Å². The number of nitrogens with two attached hydrogens (primary N) is 1. The quantitative estimate of drug-likeness (QED) is 0.712. The predicted octanol–water partition coefficient (Wildman–Crippen LogP) is 3.39. The number of aromatic nitrogens is 2. The summed E-state index contributed by atoms with van der Waals surface area (Å²) in [5, 5.41) is 4.49. The van der Waals surface area contributed by atoms with E-state index < -0.39 is 0 Å². The Kier molecular flexibility index (Phi) is 3.21. The van der Waals surface area contributed by atoms with Crippen LogP contribution in [0.15, 0.2) is 54.9 Å². The van der Waals surface area contributed by atoms with Crippen LogP contribution in [0.5, 0.6) is 0 Å². The maximum atomic E-state index is 5.96. The summed E-state index contributed by atoms with van der Waals surface area (Å²) >= 11 is 0. The van der Waals surface area contributed by atoms with E-state index in [1.807, 2.05) is 42.5 Å². The maximum Gasteiger partial charge on any atom is 0.0951 e. The minimum Gasteiger partial charge on any atom is -0.397 e. The fourth-order valence-electron chi connectivity index (χ4n) is 2.26. The van der Waals surface area contributed by atoms with Gasteiger partial charge in [-0.3, -0.25) is 9.97 Å². The summed E-state index contributed by atoms with van der Waals surface area (Å²) in [7, 11) is 0. The van der Waals surface area contributed by atoms with Gasteiger partial charge in [0.15, 0.2) is 0 Å². The van der Waals surface area contributed by atoms with Gasteiger partial charge in [-0.25, -0.2) is 0 Å². The van der Waals surface area contributed by atoms with Crippen molar-refractivity contribution in [3.63, 3.8) is 0 Å². The molecule has 0 fully saturated rings. The number of benzene rings is 1. The fraction of sp³-hybridized carbons (Fsp3) is 0.125. The van der Waals surface area contributed by atoms with Gasteiger partial charge in [-0.2, -0.15) is 0 Å². The second kappa shape index (κ2) is 5.17. The van der Waals surface area contributed by atoms with Crippen LogP contribution in [-0.4, -0.2) is 9.97 Å². The Morgan fingerprint density at radius 2 is 1.90 bits per heavy atom. The zero-order valence-electron chi connectivity index (χ0n) is 11.2. The first kappa shape index (κ1) is 12.4. The third-order valence-electron chi connectivity index (χ3n) is 3.31. The number of nitrogen functional groups attached to an aromatic ring is 1. The molecule has 100 valence electrons. The van der Waals surface area contributed by atoms with Crippen LogP contribution in [0, 0.1) is 0 Å². The Morgan fingerprint density at radius 3 is 2.70 bits per heavy atom. The zero-order chi connectivity index (χ0) is 13.9. The normalized spacial score (nSPS) is 12.2. The summed E-state index contributed by atoms with van der Waals surface area (Å²) in [5.41, 5.74) is 9.50. The predicted molar refractivity (Wildman–Crippen MR) is 82.4 cm³/mol. The lowest BCUT2D eigenvalue weighted by Crippen LogP contribution is -2.08. The van der Waals surface area contributed by atoms with Crippen LogP contribution >= 0.6 is 0 Å². The Morgan fingerprint density at radius 1 is 1.00 bits per heavy atom. The lowest BCUT2D eigenvalue weighted by atomic mass is 10.1. The Balaban J connectivity index is 1.97. The summed E-state index contributed by atoms with van der Waals surface area (Å²) in [6.07, 6.45) is 3.57. The molecule has 0 saturated carbocycles. The zero-order valence-corrected chi connectivity index (χ0v) is 11.2. The molecule has 0 aliphatic rings. The van der Waals surface area contributed by atoms with Gasteiger partial charge in [-0.1, -0.05) is 18.2 Å². The number of hydrogen-bond acceptors (Lipinski definition) is 4. The number of fused-ring (bicyclic) bond motifs is 1. The highest BCUT2D eigenvalue weighted by atomic mass is 14.9. The molecule has 2 heterocycles. The second-order valence-electron chi connectivity index (χ2n) is 4.72. The number of hydrogen-bond donors (Lipinski definition) is 2. The Hall–Kier alpha value is -2.62. The first-order chi connectivity index (χ1) is 9.75. The van der Waals surface area contributed by atoms with E-state index in [-0.39, 0.29) is 6.04 Å². The highest BCUT2D eigenvalue weighted by Crippen LogP contribution is 2.27. The van der Waals surface area contributed by atoms with Crippen LogP contribution in [0.3, 0.4) is 0 Å². The van der Waals surface area contributed by atoms with Crippen molar-refractivity contribution in [2.24, 2.45) is 0 Å². The van der Waals surface area contributed by atoms with Crippen LogP contribution in [0.4, 0.5) is 11.4 Å². The van der Waals surface area contributed by atoms with Gasteiger partial charge in [0.05, 0.1) is 22.9 Å². The SMILES string of the molecule is CC(Nc1ccnc2c(N)cccc12)c1ccccn1. The molecule has 3 rings (SSSR count). The van der Waals surface area contributed by atoms with E-state index in [0.717, 1.165) is 22.3 Å². The van der Waals surface area contributed by atoms with Crippen molar-refractivity contribution >= 4 is 22.3 Å². The number of nitrogens with one attached hydrogen (secondary N) is 1. The molecule has 0 aliphatic heterocycles. The summed E-state index contributed by atoms with van der Waals surface area (Å²) in [5.74, 6) is 0. The monoisotopic (exact) mass is 264 g/mol. The van der Waals surface area contributed by atoms with Crippen molar-refractivity contribution in [2.45, 2.75) is 13.0 Å². The second-order valence-corrected chi connectivity index (χ2v) is 4.72. The van der Waals surface area contributed by atoms with Crippen LogP contribution in [0.2, 0.25) is 0 Å². The Bertz CT molecular complexity index is 725. The topological polar surface area (TPSA) is 63.8 Å². The van der Waals surface area contributed by atoms with E-state index in [1.54, 1.807) is 12.4 Å². The van der Waals surface area contributed by atoms with Crippen molar-refractivity contribution in [1.82, 2.24) is 9.97 Å². The number of pyridine rings is 2. The smallest absolute Gasteiger partial charge is 0.0951 e. The molecule has 20 heavy (non-hydrogen) atoms. The molecular formula is C16H16N4. The lowest BCUT2D eigenvalue weighted by molar-refractivity contribution is 0.841. The van der Waals surface area contributed by atoms with E-state index in [2.05, 4.69) is 22.2 Å². The van der Waals surface area contributed by atoms with Gasteiger partial charge in [-0.15, -0.1) is 0 Å². The van der Waals surface area contributed by atoms with Gasteiger partial charge in [0.1, 0.15) is 0 Å². The number of para-hydroxylation sites is 1. The van der Waals surface area contributed by atoms with Crippen LogP contribution in [-0.2, 0) is 0 Å². The first-order valence-electron chi connectivity index (χ1n) is 6.56. The van der Waals surface area contributed by atoms with Crippen molar-refractivity contribution < 1.29 is 0 Å². The van der Waals surface area contributed by atoms with Gasteiger partial charge in [0.2, 0.25) is 0 Å². The molecule has 0 spiro atoms. The molecule has 0 radical (unpaired) electrons. The summed E-state index contributed by atoms with van der Waals surface area (Å²) < 4.78 is 0. The van der Waals surface area contributed by atoms with E-state index in [9.17, 15) is 0 Å². The number of nitrogens with zero attached hydrogens (tertiary/aromatic N) is 2. The third kappa shape index (κ3) is 2.28. The minimum atomic E-state index is 0.114. The molecule has 0 bridgehead atoms. The highest BCUT2D eigenvalue weighted by Gasteiger charge is 2.09. The number of anilines is 2. The Labute approximate surface area is 117 Å². The van der Waals surface area contributed by atoms with Gasteiger partial charge in [0, 0.05) is 23.5 Å². The van der Waals surface area contributed by atoms with Gasteiger partial charge in [0.25, 0.3) is 0 Å². The van der Waals surface area contributed by atoms with Crippen molar-refractivity contribution in [1.29, 1.82) is 0 Å². The molecule has 0 aliphatic carbocycles. The van der Waals surface area contributed by atoms with Crippen molar-refractivity contribution in [2.75, 3.05) is 11.1 Å². The van der Waals surface area contributed by atoms with Gasteiger partial charge >= 0.3 is 0 Å². The van der Waals surface area contributed by atoms with Crippen LogP contribution in [0.25, 0.3) is 10.9 Å².